The van der Waals surface area contributed by atoms with Crippen molar-refractivity contribution in [1.29, 1.82) is 0 Å². The number of halogens is 1. The van der Waals surface area contributed by atoms with Gasteiger partial charge < -0.3 is 20.5 Å². The van der Waals surface area contributed by atoms with E-state index in [0.717, 1.165) is 6.07 Å². The van der Waals surface area contributed by atoms with Gasteiger partial charge in [0.05, 0.1) is 5.69 Å². The highest BCUT2D eigenvalue weighted by atomic mass is 19.1. The van der Waals surface area contributed by atoms with Crippen LogP contribution < -0.4 is 10.6 Å². The smallest absolute Gasteiger partial charge is 0.332 e. The van der Waals surface area contributed by atoms with E-state index in [4.69, 9.17) is 9.84 Å². The number of rotatable bonds is 4. The molecule has 0 unspecified atom stereocenters. The number of hydrogen-bond acceptors (Lipinski definition) is 4. The van der Waals surface area contributed by atoms with Gasteiger partial charge >= 0.3 is 5.97 Å². The standard InChI is InChI=1S/C14H15FN2O5/c1-7(18)16-10-6-8(2-3-9(10)15)17-13(19)11-4-5-12(22-11)14(20)21/h2-3,6,11-12H,4-5H2,1H3,(H,16,18)(H,17,19)(H,20,21)/t11-,12+/m0/s1. The number of nitrogens with one attached hydrogen (secondary N) is 2. The van der Waals surface area contributed by atoms with Crippen molar-refractivity contribution >= 4 is 29.2 Å². The van der Waals surface area contributed by atoms with Crippen LogP contribution in [0.4, 0.5) is 15.8 Å². The summed E-state index contributed by atoms with van der Waals surface area (Å²) in [5.74, 6) is -2.68. The molecule has 1 fully saturated rings. The molecule has 1 aromatic carbocycles. The van der Waals surface area contributed by atoms with Crippen molar-refractivity contribution in [1.82, 2.24) is 0 Å². The van der Waals surface area contributed by atoms with Gasteiger partial charge in [-0.1, -0.05) is 0 Å². The van der Waals surface area contributed by atoms with Gasteiger partial charge in [-0.15, -0.1) is 0 Å². The summed E-state index contributed by atoms with van der Waals surface area (Å²) in [4.78, 5) is 33.7. The Morgan fingerprint density at radius 3 is 2.50 bits per heavy atom. The molecule has 0 spiro atoms. The molecule has 3 N–H and O–H groups in total. The average Bonchev–Trinajstić information content (AvgIpc) is 2.92. The number of amides is 2. The second-order valence-corrected chi connectivity index (χ2v) is 4.89. The Morgan fingerprint density at radius 1 is 1.23 bits per heavy atom. The molecule has 2 rings (SSSR count). The third-order valence-electron chi connectivity index (χ3n) is 3.13. The van der Waals surface area contributed by atoms with Crippen LogP contribution in [0.3, 0.4) is 0 Å². The molecule has 2 atom stereocenters. The van der Waals surface area contributed by atoms with Crippen molar-refractivity contribution in [2.75, 3.05) is 10.6 Å². The minimum atomic E-state index is -1.11. The number of carbonyl (C=O) groups excluding carboxylic acids is 2. The SMILES string of the molecule is CC(=O)Nc1cc(NC(=O)[C@@H]2CC[C@H](C(=O)O)O2)ccc1F. The van der Waals surface area contributed by atoms with Gasteiger partial charge in [-0.2, -0.15) is 0 Å². The van der Waals surface area contributed by atoms with Gasteiger partial charge in [0.15, 0.2) is 6.10 Å². The van der Waals surface area contributed by atoms with Crippen LogP contribution in [0.2, 0.25) is 0 Å². The highest BCUT2D eigenvalue weighted by Crippen LogP contribution is 2.23. The second kappa shape index (κ2) is 6.52. The number of aliphatic carboxylic acids is 1. The van der Waals surface area contributed by atoms with Crippen LogP contribution >= 0.6 is 0 Å². The molecule has 0 saturated carbocycles. The number of carboxylic acid groups (broad SMARTS) is 1. The molecule has 0 radical (unpaired) electrons. The first-order valence-electron chi connectivity index (χ1n) is 6.63. The fraction of sp³-hybridized carbons (Fsp3) is 0.357. The molecule has 1 aliphatic rings. The third kappa shape index (κ3) is 3.79. The molecular formula is C14H15FN2O5. The van der Waals surface area contributed by atoms with E-state index >= 15 is 0 Å². The number of benzene rings is 1. The minimum absolute atomic E-state index is 0.0546. The zero-order valence-electron chi connectivity index (χ0n) is 11.8. The summed E-state index contributed by atoms with van der Waals surface area (Å²) in [6.45, 7) is 1.24. The van der Waals surface area contributed by atoms with Crippen molar-refractivity contribution in [3.8, 4) is 0 Å². The first-order chi connectivity index (χ1) is 10.4. The van der Waals surface area contributed by atoms with E-state index in [1.54, 1.807) is 0 Å². The van der Waals surface area contributed by atoms with Gasteiger partial charge in [0.1, 0.15) is 11.9 Å². The van der Waals surface area contributed by atoms with Gasteiger partial charge in [0, 0.05) is 12.6 Å². The lowest BCUT2D eigenvalue weighted by Gasteiger charge is -2.13. The van der Waals surface area contributed by atoms with Crippen molar-refractivity contribution in [3.05, 3.63) is 24.0 Å². The Kier molecular flexibility index (Phi) is 4.71. The Bertz CT molecular complexity index is 619. The Hall–Kier alpha value is -2.48. The van der Waals surface area contributed by atoms with Gasteiger partial charge in [0.25, 0.3) is 5.91 Å². The van der Waals surface area contributed by atoms with Crippen molar-refractivity contribution in [2.24, 2.45) is 0 Å². The number of carboxylic acids is 1. The maximum atomic E-state index is 13.5. The van der Waals surface area contributed by atoms with Crippen LogP contribution in [0.15, 0.2) is 18.2 Å². The molecule has 1 aliphatic heterocycles. The monoisotopic (exact) mass is 310 g/mol. The topological polar surface area (TPSA) is 105 Å². The molecule has 7 nitrogen and oxygen atoms in total. The lowest BCUT2D eigenvalue weighted by atomic mass is 10.2. The van der Waals surface area contributed by atoms with Crippen LogP contribution in [0.25, 0.3) is 0 Å². The number of hydrogen-bond donors (Lipinski definition) is 3. The van der Waals surface area contributed by atoms with Gasteiger partial charge in [-0.05, 0) is 31.0 Å². The van der Waals surface area contributed by atoms with E-state index < -0.39 is 35.8 Å². The van der Waals surface area contributed by atoms with E-state index in [-0.39, 0.29) is 17.8 Å². The zero-order chi connectivity index (χ0) is 16.3. The highest BCUT2D eigenvalue weighted by Gasteiger charge is 2.34. The lowest BCUT2D eigenvalue weighted by molar-refractivity contribution is -0.150. The maximum absolute atomic E-state index is 13.5. The first kappa shape index (κ1) is 15.9. The van der Waals surface area contributed by atoms with Crippen LogP contribution in [-0.2, 0) is 19.1 Å². The maximum Gasteiger partial charge on any atom is 0.332 e. The van der Waals surface area contributed by atoms with Gasteiger partial charge in [-0.3, -0.25) is 9.59 Å². The Morgan fingerprint density at radius 2 is 1.91 bits per heavy atom. The van der Waals surface area contributed by atoms with Crippen molar-refractivity contribution in [3.63, 3.8) is 0 Å². The Labute approximate surface area is 125 Å². The van der Waals surface area contributed by atoms with E-state index in [9.17, 15) is 18.8 Å². The fourth-order valence-electron chi connectivity index (χ4n) is 2.12. The van der Waals surface area contributed by atoms with E-state index in [0.29, 0.717) is 6.42 Å². The summed E-state index contributed by atoms with van der Waals surface area (Å²) in [5.41, 5.74) is 0.221. The number of ether oxygens (including phenoxy) is 1. The summed E-state index contributed by atoms with van der Waals surface area (Å²) in [6.07, 6.45) is -1.30. The average molecular weight is 310 g/mol. The van der Waals surface area contributed by atoms with Crippen molar-refractivity contribution in [2.45, 2.75) is 32.0 Å². The van der Waals surface area contributed by atoms with E-state index in [2.05, 4.69) is 10.6 Å². The Balaban J connectivity index is 2.03. The summed E-state index contributed by atoms with van der Waals surface area (Å²) >= 11 is 0. The minimum Gasteiger partial charge on any atom is -0.479 e. The van der Waals surface area contributed by atoms with Crippen LogP contribution in [0, 0.1) is 5.82 Å². The van der Waals surface area contributed by atoms with Gasteiger partial charge in [0.2, 0.25) is 5.91 Å². The number of anilines is 2. The zero-order valence-corrected chi connectivity index (χ0v) is 11.8. The summed E-state index contributed by atoms with van der Waals surface area (Å²) in [6, 6.07) is 3.72. The molecule has 118 valence electrons. The second-order valence-electron chi connectivity index (χ2n) is 4.89. The fourth-order valence-corrected chi connectivity index (χ4v) is 2.12. The molecule has 0 bridgehead atoms. The molecule has 0 aliphatic carbocycles. The molecular weight excluding hydrogens is 295 g/mol. The van der Waals surface area contributed by atoms with E-state index in [1.807, 2.05) is 0 Å². The van der Waals surface area contributed by atoms with E-state index in [1.165, 1.54) is 19.1 Å². The van der Waals surface area contributed by atoms with Gasteiger partial charge in [-0.25, -0.2) is 9.18 Å². The molecule has 8 heteroatoms. The largest absolute Gasteiger partial charge is 0.479 e. The summed E-state index contributed by atoms with van der Waals surface area (Å²) in [7, 11) is 0. The molecule has 1 aromatic rings. The van der Waals surface area contributed by atoms with Crippen molar-refractivity contribution < 1.29 is 28.6 Å². The quantitative estimate of drug-likeness (QED) is 0.778. The summed E-state index contributed by atoms with van der Waals surface area (Å²) in [5, 5.41) is 13.6. The van der Waals surface area contributed by atoms with Crippen LogP contribution in [0.5, 0.6) is 0 Å². The predicted molar refractivity (Wildman–Crippen MR) is 74.9 cm³/mol. The number of carbonyl (C=O) groups is 3. The predicted octanol–water partition coefficient (Wildman–Crippen LogP) is 1.35. The third-order valence-corrected chi connectivity index (χ3v) is 3.13. The molecule has 1 heterocycles. The highest BCUT2D eigenvalue weighted by molar-refractivity contribution is 5.96. The first-order valence-corrected chi connectivity index (χ1v) is 6.63. The summed E-state index contributed by atoms with van der Waals surface area (Å²) < 4.78 is 18.6. The molecule has 0 aromatic heterocycles. The van der Waals surface area contributed by atoms with Crippen LogP contribution in [0.1, 0.15) is 19.8 Å². The van der Waals surface area contributed by atoms with Crippen LogP contribution in [-0.4, -0.2) is 35.1 Å². The molecule has 22 heavy (non-hydrogen) atoms. The normalized spacial score (nSPS) is 20.5. The lowest BCUT2D eigenvalue weighted by Crippen LogP contribution is -2.30. The molecule has 2 amide bonds. The molecule has 1 saturated heterocycles.